The Morgan fingerprint density at radius 1 is 0.750 bits per heavy atom. The summed E-state index contributed by atoms with van der Waals surface area (Å²) in [6.45, 7) is 0.496. The number of carbonyl (C=O) groups is 1. The molecular formula is C36H34O8. The molecule has 5 rings (SSSR count). The summed E-state index contributed by atoms with van der Waals surface area (Å²) in [5.74, 6) is 1.75. The Hall–Kier alpha value is -5.24. The Kier molecular flexibility index (Phi) is 9.49. The van der Waals surface area contributed by atoms with E-state index < -0.39 is 11.9 Å². The van der Waals surface area contributed by atoms with Crippen molar-refractivity contribution in [3.05, 3.63) is 118 Å². The Morgan fingerprint density at radius 2 is 1.39 bits per heavy atom. The van der Waals surface area contributed by atoms with Gasteiger partial charge >= 0.3 is 5.97 Å². The highest BCUT2D eigenvalue weighted by Crippen LogP contribution is 2.40. The molecule has 0 aliphatic heterocycles. The SMILES string of the molecule is COC(=O)CC(c1ccc(OCCc2ccc(OC)cc2)cc1)c1c(OC)ccc2c(=O)c(-c3ccc(OC)cc3)coc12. The Bertz CT molecular complexity index is 1770. The predicted octanol–water partition coefficient (Wildman–Crippen LogP) is 6.80. The summed E-state index contributed by atoms with van der Waals surface area (Å²) in [6.07, 6.45) is 2.19. The van der Waals surface area contributed by atoms with Gasteiger partial charge in [-0.25, -0.2) is 0 Å². The summed E-state index contributed by atoms with van der Waals surface area (Å²) in [4.78, 5) is 26.4. The standard InChI is InChI=1S/C36H34O8/c1-39-26-11-5-23(6-12-26)19-20-43-28-15-9-24(10-16-28)30(21-33(37)42-4)34-32(41-3)18-17-29-35(38)31(22-44-36(29)34)25-7-13-27(40-2)14-8-25/h5-18,22,30H,19-21H2,1-4H3. The summed E-state index contributed by atoms with van der Waals surface area (Å²) >= 11 is 0. The van der Waals surface area contributed by atoms with Crippen molar-refractivity contribution < 1.29 is 32.9 Å². The molecule has 0 spiro atoms. The number of hydrogen-bond donors (Lipinski definition) is 0. The van der Waals surface area contributed by atoms with Gasteiger partial charge in [-0.15, -0.1) is 0 Å². The zero-order valence-electron chi connectivity index (χ0n) is 25.1. The molecule has 1 aromatic heterocycles. The van der Waals surface area contributed by atoms with Crippen LogP contribution >= 0.6 is 0 Å². The minimum absolute atomic E-state index is 0.00753. The molecule has 0 radical (unpaired) electrons. The molecule has 0 bridgehead atoms. The van der Waals surface area contributed by atoms with Gasteiger partial charge in [0.1, 0.15) is 34.8 Å². The lowest BCUT2D eigenvalue weighted by Crippen LogP contribution is -2.13. The van der Waals surface area contributed by atoms with Gasteiger partial charge in [-0.2, -0.15) is 0 Å². The van der Waals surface area contributed by atoms with E-state index in [1.807, 2.05) is 60.7 Å². The second kappa shape index (κ2) is 13.8. The first-order valence-electron chi connectivity index (χ1n) is 14.1. The van der Waals surface area contributed by atoms with Gasteiger partial charge in [0, 0.05) is 17.9 Å². The number of benzene rings is 4. The fraction of sp³-hybridized carbons (Fsp3) is 0.222. The lowest BCUT2D eigenvalue weighted by atomic mass is 9.86. The van der Waals surface area contributed by atoms with Crippen LogP contribution in [0.2, 0.25) is 0 Å². The van der Waals surface area contributed by atoms with Gasteiger partial charge in [0.2, 0.25) is 5.43 Å². The zero-order valence-corrected chi connectivity index (χ0v) is 25.1. The van der Waals surface area contributed by atoms with Crippen molar-refractivity contribution in [1.29, 1.82) is 0 Å². The molecule has 1 unspecified atom stereocenters. The molecule has 4 aromatic carbocycles. The number of fused-ring (bicyclic) bond motifs is 1. The summed E-state index contributed by atoms with van der Waals surface area (Å²) < 4.78 is 33.4. The minimum atomic E-state index is -0.524. The van der Waals surface area contributed by atoms with Crippen molar-refractivity contribution in [2.24, 2.45) is 0 Å². The van der Waals surface area contributed by atoms with Crippen LogP contribution in [0.3, 0.4) is 0 Å². The first-order chi connectivity index (χ1) is 21.4. The molecule has 0 aliphatic rings. The van der Waals surface area contributed by atoms with Gasteiger partial charge in [0.25, 0.3) is 0 Å². The van der Waals surface area contributed by atoms with Gasteiger partial charge in [-0.1, -0.05) is 36.4 Å². The van der Waals surface area contributed by atoms with Crippen LogP contribution in [0.15, 0.2) is 100 Å². The van der Waals surface area contributed by atoms with Gasteiger partial charge in [0.15, 0.2) is 0 Å². The molecule has 44 heavy (non-hydrogen) atoms. The smallest absolute Gasteiger partial charge is 0.306 e. The van der Waals surface area contributed by atoms with Gasteiger partial charge < -0.3 is 28.1 Å². The second-order valence-corrected chi connectivity index (χ2v) is 10.1. The number of hydrogen-bond acceptors (Lipinski definition) is 8. The number of ether oxygens (including phenoxy) is 5. The largest absolute Gasteiger partial charge is 0.497 e. The predicted molar refractivity (Wildman–Crippen MR) is 168 cm³/mol. The summed E-state index contributed by atoms with van der Waals surface area (Å²) in [5, 5.41) is 0.377. The van der Waals surface area contributed by atoms with Crippen LogP contribution in [0, 0.1) is 0 Å². The Labute approximate surface area is 255 Å². The molecule has 8 nitrogen and oxygen atoms in total. The Morgan fingerprint density at radius 3 is 2.00 bits per heavy atom. The topological polar surface area (TPSA) is 93.4 Å². The highest BCUT2D eigenvalue weighted by atomic mass is 16.5. The summed E-state index contributed by atoms with van der Waals surface area (Å²) in [5.41, 5.74) is 3.80. The first-order valence-corrected chi connectivity index (χ1v) is 14.1. The van der Waals surface area contributed by atoms with E-state index in [1.165, 1.54) is 13.4 Å². The summed E-state index contributed by atoms with van der Waals surface area (Å²) in [6, 6.07) is 26.0. The zero-order chi connectivity index (χ0) is 31.1. The molecule has 1 atom stereocenters. The van der Waals surface area contributed by atoms with Gasteiger partial charge in [-0.3, -0.25) is 9.59 Å². The van der Waals surface area contributed by atoms with Crippen molar-refractivity contribution in [2.75, 3.05) is 35.0 Å². The average Bonchev–Trinajstić information content (AvgIpc) is 3.07. The third kappa shape index (κ3) is 6.54. The molecule has 8 heteroatoms. The maximum Gasteiger partial charge on any atom is 0.306 e. The first kappa shape index (κ1) is 30.2. The minimum Gasteiger partial charge on any atom is -0.497 e. The highest BCUT2D eigenvalue weighted by Gasteiger charge is 2.27. The maximum absolute atomic E-state index is 13.7. The number of esters is 1. The van der Waals surface area contributed by atoms with Crippen LogP contribution in [0.4, 0.5) is 0 Å². The second-order valence-electron chi connectivity index (χ2n) is 10.1. The van der Waals surface area contributed by atoms with Crippen LogP contribution in [-0.4, -0.2) is 41.0 Å². The van der Waals surface area contributed by atoms with Crippen LogP contribution in [-0.2, 0) is 16.0 Å². The number of methoxy groups -OCH3 is 4. The lowest BCUT2D eigenvalue weighted by Gasteiger charge is -2.21. The molecular weight excluding hydrogens is 560 g/mol. The summed E-state index contributed by atoms with van der Waals surface area (Å²) in [7, 11) is 6.12. The molecule has 0 amide bonds. The van der Waals surface area contributed by atoms with Crippen LogP contribution in [0.25, 0.3) is 22.1 Å². The maximum atomic E-state index is 13.7. The third-order valence-corrected chi connectivity index (χ3v) is 7.61. The molecule has 5 aromatic rings. The van der Waals surface area contributed by atoms with Crippen molar-refractivity contribution in [2.45, 2.75) is 18.8 Å². The fourth-order valence-electron chi connectivity index (χ4n) is 5.19. The number of rotatable bonds is 12. The molecule has 0 saturated heterocycles. The van der Waals surface area contributed by atoms with E-state index in [0.717, 1.165) is 23.3 Å². The quantitative estimate of drug-likeness (QED) is 0.146. The molecule has 1 heterocycles. The highest BCUT2D eigenvalue weighted by molar-refractivity contribution is 5.87. The van der Waals surface area contributed by atoms with Crippen molar-refractivity contribution in [3.63, 3.8) is 0 Å². The molecule has 0 fully saturated rings. The van der Waals surface area contributed by atoms with E-state index in [-0.39, 0.29) is 11.8 Å². The average molecular weight is 595 g/mol. The van der Waals surface area contributed by atoms with E-state index in [0.29, 0.717) is 51.5 Å². The lowest BCUT2D eigenvalue weighted by molar-refractivity contribution is -0.140. The van der Waals surface area contributed by atoms with Crippen molar-refractivity contribution in [3.8, 4) is 34.1 Å². The van der Waals surface area contributed by atoms with E-state index >= 15 is 0 Å². The van der Waals surface area contributed by atoms with E-state index in [9.17, 15) is 9.59 Å². The van der Waals surface area contributed by atoms with Crippen molar-refractivity contribution >= 4 is 16.9 Å². The van der Waals surface area contributed by atoms with Crippen LogP contribution < -0.4 is 24.4 Å². The van der Waals surface area contributed by atoms with Crippen molar-refractivity contribution in [1.82, 2.24) is 0 Å². The van der Waals surface area contributed by atoms with Gasteiger partial charge in [0.05, 0.1) is 52.4 Å². The van der Waals surface area contributed by atoms with Gasteiger partial charge in [-0.05, 0) is 65.2 Å². The van der Waals surface area contributed by atoms with Crippen LogP contribution in [0.1, 0.15) is 29.0 Å². The molecule has 226 valence electrons. The molecule has 0 aliphatic carbocycles. The number of carbonyl (C=O) groups excluding carboxylic acids is 1. The monoisotopic (exact) mass is 594 g/mol. The third-order valence-electron chi connectivity index (χ3n) is 7.61. The van der Waals surface area contributed by atoms with E-state index in [2.05, 4.69) is 0 Å². The Balaban J connectivity index is 1.47. The van der Waals surface area contributed by atoms with E-state index in [1.54, 1.807) is 45.6 Å². The van der Waals surface area contributed by atoms with E-state index in [4.69, 9.17) is 28.1 Å². The molecule has 0 N–H and O–H groups in total. The normalized spacial score (nSPS) is 11.5. The fourth-order valence-corrected chi connectivity index (χ4v) is 5.19. The molecule has 0 saturated carbocycles. The van der Waals surface area contributed by atoms with Crippen LogP contribution in [0.5, 0.6) is 23.0 Å².